The van der Waals surface area contributed by atoms with E-state index in [-0.39, 0.29) is 18.0 Å². The van der Waals surface area contributed by atoms with E-state index in [0.717, 1.165) is 10.5 Å². The van der Waals surface area contributed by atoms with Crippen molar-refractivity contribution >= 4 is 29.4 Å². The van der Waals surface area contributed by atoms with Gasteiger partial charge in [-0.1, -0.05) is 42.5 Å². The van der Waals surface area contributed by atoms with E-state index in [9.17, 15) is 9.59 Å². The molecule has 0 saturated heterocycles. The number of hydrogen-bond donors (Lipinski definition) is 3. The van der Waals surface area contributed by atoms with Crippen LogP contribution in [0.4, 0.5) is 10.5 Å². The van der Waals surface area contributed by atoms with Gasteiger partial charge < -0.3 is 16.4 Å². The summed E-state index contributed by atoms with van der Waals surface area (Å²) in [6.45, 7) is 1.93. The predicted molar refractivity (Wildman–Crippen MR) is 98.0 cm³/mol. The molecule has 126 valence electrons. The Hall–Kier alpha value is -2.47. The van der Waals surface area contributed by atoms with Gasteiger partial charge >= 0.3 is 6.03 Å². The Morgan fingerprint density at radius 3 is 2.46 bits per heavy atom. The molecule has 0 aliphatic heterocycles. The molecule has 3 amide bonds. The lowest BCUT2D eigenvalue weighted by molar-refractivity contribution is -0.117. The molecule has 0 radical (unpaired) electrons. The van der Waals surface area contributed by atoms with Gasteiger partial charge in [-0.15, -0.1) is 11.8 Å². The lowest BCUT2D eigenvalue weighted by Gasteiger charge is -2.16. The molecule has 0 bridgehead atoms. The third kappa shape index (κ3) is 5.62. The minimum absolute atomic E-state index is 0.0964. The van der Waals surface area contributed by atoms with Gasteiger partial charge in [0.1, 0.15) is 0 Å². The Kier molecular flexibility index (Phi) is 6.69. The number of anilines is 1. The van der Waals surface area contributed by atoms with E-state index in [1.165, 1.54) is 11.8 Å². The van der Waals surface area contributed by atoms with Gasteiger partial charge in [-0.05, 0) is 24.6 Å². The van der Waals surface area contributed by atoms with Crippen LogP contribution in [-0.2, 0) is 4.79 Å². The molecule has 2 rings (SSSR count). The highest BCUT2D eigenvalue weighted by atomic mass is 32.2. The predicted octanol–water partition coefficient (Wildman–Crippen LogP) is 3.54. The summed E-state index contributed by atoms with van der Waals surface area (Å²) in [4.78, 5) is 24.0. The van der Waals surface area contributed by atoms with Crippen molar-refractivity contribution in [2.75, 3.05) is 11.1 Å². The molecule has 2 aromatic carbocycles. The maximum Gasteiger partial charge on any atom is 0.319 e. The number of thioether (sulfide) groups is 1. The highest BCUT2D eigenvalue weighted by Gasteiger charge is 2.11. The fourth-order valence-corrected chi connectivity index (χ4v) is 3.11. The summed E-state index contributed by atoms with van der Waals surface area (Å²) in [6.07, 6.45) is 0.302. The monoisotopic (exact) mass is 343 g/mol. The molecule has 0 heterocycles. The van der Waals surface area contributed by atoms with Crippen molar-refractivity contribution in [1.29, 1.82) is 0 Å². The maximum atomic E-state index is 12.2. The van der Waals surface area contributed by atoms with Crippen LogP contribution in [0.25, 0.3) is 0 Å². The average Bonchev–Trinajstić information content (AvgIpc) is 2.57. The van der Waals surface area contributed by atoms with Gasteiger partial charge in [0.2, 0.25) is 5.91 Å². The van der Waals surface area contributed by atoms with Gasteiger partial charge in [0.25, 0.3) is 0 Å². The van der Waals surface area contributed by atoms with Crippen molar-refractivity contribution in [2.45, 2.75) is 24.3 Å². The quantitative estimate of drug-likeness (QED) is 0.672. The Bertz CT molecular complexity index is 692. The molecule has 4 N–H and O–H groups in total. The number of hydrogen-bond acceptors (Lipinski definition) is 3. The number of para-hydroxylation sites is 1. The third-order valence-corrected chi connectivity index (χ3v) is 4.46. The zero-order chi connectivity index (χ0) is 17.4. The SMILES string of the molecule is C[C@@H](NC(=O)Nc1ccccc1SCCC(N)=O)c1ccccc1. The summed E-state index contributed by atoms with van der Waals surface area (Å²) in [5.74, 6) is 0.248. The van der Waals surface area contributed by atoms with Crippen molar-refractivity contribution in [3.63, 3.8) is 0 Å². The second kappa shape index (κ2) is 8.98. The molecule has 24 heavy (non-hydrogen) atoms. The van der Waals surface area contributed by atoms with Crippen LogP contribution < -0.4 is 16.4 Å². The highest BCUT2D eigenvalue weighted by Crippen LogP contribution is 2.27. The molecule has 5 nitrogen and oxygen atoms in total. The normalized spacial score (nSPS) is 11.5. The number of benzene rings is 2. The van der Waals surface area contributed by atoms with Crippen molar-refractivity contribution in [3.05, 3.63) is 60.2 Å². The minimum atomic E-state index is -0.331. The number of carbonyl (C=O) groups excluding carboxylic acids is 2. The summed E-state index contributed by atoms with van der Waals surface area (Å²) in [5, 5.41) is 5.78. The number of amides is 3. The van der Waals surface area contributed by atoms with E-state index in [0.29, 0.717) is 17.9 Å². The van der Waals surface area contributed by atoms with E-state index in [1.807, 2.05) is 61.5 Å². The molecular formula is C18H21N3O2S. The maximum absolute atomic E-state index is 12.2. The largest absolute Gasteiger partial charge is 0.370 e. The van der Waals surface area contributed by atoms with Crippen LogP contribution in [0, 0.1) is 0 Å². The van der Waals surface area contributed by atoms with E-state index in [4.69, 9.17) is 5.73 Å². The first kappa shape index (κ1) is 17.9. The average molecular weight is 343 g/mol. The Morgan fingerprint density at radius 2 is 1.75 bits per heavy atom. The number of primary amides is 1. The number of carbonyl (C=O) groups is 2. The van der Waals surface area contributed by atoms with E-state index in [1.54, 1.807) is 0 Å². The van der Waals surface area contributed by atoms with Crippen LogP contribution in [0.3, 0.4) is 0 Å². The summed E-state index contributed by atoms with van der Waals surface area (Å²) >= 11 is 1.49. The molecule has 0 aliphatic carbocycles. The lowest BCUT2D eigenvalue weighted by Crippen LogP contribution is -2.31. The molecule has 0 unspecified atom stereocenters. The van der Waals surface area contributed by atoms with Gasteiger partial charge in [-0.25, -0.2) is 4.79 Å². The summed E-state index contributed by atoms with van der Waals surface area (Å²) in [7, 11) is 0. The Labute approximate surface area is 146 Å². The van der Waals surface area contributed by atoms with Crippen LogP contribution in [0.15, 0.2) is 59.5 Å². The highest BCUT2D eigenvalue weighted by molar-refractivity contribution is 7.99. The van der Waals surface area contributed by atoms with Gasteiger partial charge in [-0.3, -0.25) is 4.79 Å². The second-order valence-corrected chi connectivity index (χ2v) is 6.43. The smallest absolute Gasteiger partial charge is 0.319 e. The molecule has 0 aliphatic rings. The van der Waals surface area contributed by atoms with Crippen LogP contribution in [0.5, 0.6) is 0 Å². The summed E-state index contributed by atoms with van der Waals surface area (Å²) in [6, 6.07) is 16.9. The third-order valence-electron chi connectivity index (χ3n) is 3.39. The van der Waals surface area contributed by atoms with E-state index in [2.05, 4.69) is 10.6 Å². The number of nitrogens with one attached hydrogen (secondary N) is 2. The fourth-order valence-electron chi connectivity index (χ4n) is 2.14. The van der Waals surface area contributed by atoms with Crippen molar-refractivity contribution in [1.82, 2.24) is 5.32 Å². The standard InChI is InChI=1S/C18H21N3O2S/c1-13(14-7-3-2-4-8-14)20-18(23)21-15-9-5-6-10-16(15)24-12-11-17(19)22/h2-10,13H,11-12H2,1H3,(H2,19,22)(H2,20,21,23)/t13-/m1/s1. The first-order valence-electron chi connectivity index (χ1n) is 7.69. The molecular weight excluding hydrogens is 322 g/mol. The topological polar surface area (TPSA) is 84.2 Å². The molecule has 0 fully saturated rings. The van der Waals surface area contributed by atoms with Crippen molar-refractivity contribution in [3.8, 4) is 0 Å². The number of urea groups is 1. The number of nitrogens with two attached hydrogens (primary N) is 1. The zero-order valence-corrected chi connectivity index (χ0v) is 14.3. The first-order chi connectivity index (χ1) is 11.6. The second-order valence-electron chi connectivity index (χ2n) is 5.29. The fraction of sp³-hybridized carbons (Fsp3) is 0.222. The van der Waals surface area contributed by atoms with E-state index < -0.39 is 0 Å². The minimum Gasteiger partial charge on any atom is -0.370 e. The van der Waals surface area contributed by atoms with E-state index >= 15 is 0 Å². The van der Waals surface area contributed by atoms with Crippen LogP contribution in [0.1, 0.15) is 24.9 Å². The zero-order valence-electron chi connectivity index (χ0n) is 13.5. The van der Waals surface area contributed by atoms with Gasteiger partial charge in [0, 0.05) is 17.1 Å². The molecule has 1 atom stereocenters. The summed E-state index contributed by atoms with van der Waals surface area (Å²) < 4.78 is 0. The molecule has 0 saturated carbocycles. The number of rotatable bonds is 7. The first-order valence-corrected chi connectivity index (χ1v) is 8.67. The van der Waals surface area contributed by atoms with Crippen molar-refractivity contribution in [2.24, 2.45) is 5.73 Å². The van der Waals surface area contributed by atoms with Crippen LogP contribution >= 0.6 is 11.8 Å². The van der Waals surface area contributed by atoms with Crippen LogP contribution in [-0.4, -0.2) is 17.7 Å². The van der Waals surface area contributed by atoms with Crippen LogP contribution in [0.2, 0.25) is 0 Å². The molecule has 0 spiro atoms. The lowest BCUT2D eigenvalue weighted by atomic mass is 10.1. The molecule has 2 aromatic rings. The molecule has 6 heteroatoms. The van der Waals surface area contributed by atoms with Gasteiger partial charge in [0.15, 0.2) is 0 Å². The molecule has 0 aromatic heterocycles. The van der Waals surface area contributed by atoms with Gasteiger partial charge in [0.05, 0.1) is 11.7 Å². The van der Waals surface area contributed by atoms with Gasteiger partial charge in [-0.2, -0.15) is 0 Å². The Morgan fingerprint density at radius 1 is 1.08 bits per heavy atom. The van der Waals surface area contributed by atoms with Crippen molar-refractivity contribution < 1.29 is 9.59 Å². The summed E-state index contributed by atoms with van der Waals surface area (Å²) in [5.41, 5.74) is 6.90. The Balaban J connectivity index is 1.95.